The van der Waals surface area contributed by atoms with E-state index in [0.29, 0.717) is 5.39 Å². The lowest BCUT2D eigenvalue weighted by Gasteiger charge is -2.09. The third-order valence-electron chi connectivity index (χ3n) is 2.50. The average Bonchev–Trinajstić information content (AvgIpc) is 2.36. The predicted octanol–water partition coefficient (Wildman–Crippen LogP) is 0.666. The van der Waals surface area contributed by atoms with Gasteiger partial charge in [0.2, 0.25) is 0 Å². The summed E-state index contributed by atoms with van der Waals surface area (Å²) in [6.07, 6.45) is 0. The van der Waals surface area contributed by atoms with Crippen molar-refractivity contribution in [1.29, 1.82) is 0 Å². The van der Waals surface area contributed by atoms with Crippen LogP contribution >= 0.6 is 0 Å². The van der Waals surface area contributed by atoms with E-state index in [2.05, 4.69) is 10.2 Å². The number of nitrogens with two attached hydrogens (primary N) is 1. The van der Waals surface area contributed by atoms with Crippen molar-refractivity contribution in [3.8, 4) is 0 Å². The van der Waals surface area contributed by atoms with Crippen LogP contribution in [0.15, 0.2) is 46.2 Å². The van der Waals surface area contributed by atoms with Gasteiger partial charge < -0.3 is 0 Å². The van der Waals surface area contributed by atoms with Crippen molar-refractivity contribution in [1.82, 2.24) is 0 Å². The molecule has 2 aromatic rings. The Balaban J connectivity index is 3.05. The van der Waals surface area contributed by atoms with Crippen molar-refractivity contribution in [2.75, 3.05) is 0 Å². The first-order chi connectivity index (χ1) is 8.77. The fourth-order valence-corrected chi connectivity index (χ4v) is 3.80. The Bertz CT molecular complexity index is 841. The molecule has 19 heavy (non-hydrogen) atoms. The topological polar surface area (TPSA) is 124 Å². The lowest BCUT2D eigenvalue weighted by molar-refractivity contribution is 0.332. The first-order valence-corrected chi connectivity index (χ1v) is 7.75. The van der Waals surface area contributed by atoms with Crippen LogP contribution in [0.25, 0.3) is 10.8 Å². The molecule has 2 aromatic carbocycles. The van der Waals surface area contributed by atoms with E-state index in [1.165, 1.54) is 18.2 Å². The molecule has 0 fully saturated rings. The summed E-state index contributed by atoms with van der Waals surface area (Å²) in [5.41, 5.74) is 0. The lowest BCUT2D eigenvalue weighted by atomic mass is 10.1. The minimum Gasteiger partial charge on any atom is -0.282 e. The monoisotopic (exact) mass is 303 g/mol. The van der Waals surface area contributed by atoms with E-state index in [0.717, 1.165) is 6.07 Å². The van der Waals surface area contributed by atoms with Crippen molar-refractivity contribution < 1.29 is 25.7 Å². The second kappa shape index (κ2) is 4.54. The summed E-state index contributed by atoms with van der Waals surface area (Å²) >= 11 is 0. The normalized spacial score (nSPS) is 12.7. The van der Waals surface area contributed by atoms with Crippen molar-refractivity contribution in [3.05, 3.63) is 36.4 Å². The van der Waals surface area contributed by atoms with Gasteiger partial charge in [-0.2, -0.15) is 27.0 Å². The zero-order chi connectivity index (χ0) is 14.3. The third-order valence-corrected chi connectivity index (χ3v) is 4.72. The Kier molecular flexibility index (Phi) is 3.32. The summed E-state index contributed by atoms with van der Waals surface area (Å²) in [7, 11) is -9.23. The number of hydrogen-bond donors (Lipinski definition) is 2. The van der Waals surface area contributed by atoms with Crippen LogP contribution in [0.4, 0.5) is 0 Å². The molecular formula is C10H9NO6S2. The van der Waals surface area contributed by atoms with Crippen molar-refractivity contribution in [2.45, 2.75) is 9.79 Å². The van der Waals surface area contributed by atoms with Crippen LogP contribution in [-0.2, 0) is 24.5 Å². The molecule has 0 bridgehead atoms. The van der Waals surface area contributed by atoms with Gasteiger partial charge in [0, 0.05) is 5.39 Å². The standard InChI is InChI=1S/C10H9NO6S2/c11-17-19(15,16)10-8-4-2-1-3-7(8)5-6-9(10)18(12,13)14/h1-6H,11H2,(H,12,13,14). The van der Waals surface area contributed by atoms with Crippen LogP contribution < -0.4 is 5.90 Å². The fourth-order valence-electron chi connectivity index (χ4n) is 1.73. The molecule has 0 saturated heterocycles. The molecule has 0 saturated carbocycles. The molecule has 0 aliphatic carbocycles. The quantitative estimate of drug-likeness (QED) is 0.630. The molecule has 0 aliphatic rings. The van der Waals surface area contributed by atoms with Gasteiger partial charge in [-0.3, -0.25) is 4.55 Å². The summed E-state index contributed by atoms with van der Waals surface area (Å²) in [5, 5.41) is 0.550. The van der Waals surface area contributed by atoms with Crippen molar-refractivity contribution in [2.24, 2.45) is 5.90 Å². The first kappa shape index (κ1) is 13.9. The van der Waals surface area contributed by atoms with E-state index in [1.54, 1.807) is 12.1 Å². The highest BCUT2D eigenvalue weighted by Gasteiger charge is 2.28. The minimum absolute atomic E-state index is 0.0862. The minimum atomic E-state index is -4.73. The molecule has 7 nitrogen and oxygen atoms in total. The van der Waals surface area contributed by atoms with Crippen LogP contribution in [0.5, 0.6) is 0 Å². The van der Waals surface area contributed by atoms with Gasteiger partial charge in [0.15, 0.2) is 0 Å². The highest BCUT2D eigenvalue weighted by molar-refractivity contribution is 7.89. The average molecular weight is 303 g/mol. The maximum absolute atomic E-state index is 11.8. The lowest BCUT2D eigenvalue weighted by Crippen LogP contribution is -2.15. The van der Waals surface area contributed by atoms with Crippen molar-refractivity contribution in [3.63, 3.8) is 0 Å². The molecule has 0 heterocycles. The Morgan fingerprint density at radius 3 is 2.21 bits per heavy atom. The third kappa shape index (κ3) is 2.46. The van der Waals surface area contributed by atoms with Gasteiger partial charge in [-0.15, -0.1) is 0 Å². The molecule has 0 aromatic heterocycles. The zero-order valence-electron chi connectivity index (χ0n) is 9.35. The van der Waals surface area contributed by atoms with Gasteiger partial charge in [0.05, 0.1) is 0 Å². The van der Waals surface area contributed by atoms with Gasteiger partial charge in [-0.05, 0) is 11.5 Å². The molecule has 0 unspecified atom stereocenters. The molecule has 0 amide bonds. The zero-order valence-corrected chi connectivity index (χ0v) is 11.0. The molecule has 0 radical (unpaired) electrons. The van der Waals surface area contributed by atoms with E-state index in [1.807, 2.05) is 0 Å². The van der Waals surface area contributed by atoms with Gasteiger partial charge in [-0.25, -0.2) is 0 Å². The number of fused-ring (bicyclic) bond motifs is 1. The summed E-state index contributed by atoms with van der Waals surface area (Å²) in [6, 6.07) is 8.48. The molecule has 0 atom stereocenters. The SMILES string of the molecule is NOS(=O)(=O)c1c(S(=O)(=O)O)ccc2ccccc12. The molecule has 0 spiro atoms. The maximum atomic E-state index is 11.8. The van der Waals surface area contributed by atoms with Gasteiger partial charge in [0.1, 0.15) is 9.79 Å². The predicted molar refractivity (Wildman–Crippen MR) is 66.2 cm³/mol. The first-order valence-electron chi connectivity index (χ1n) is 4.90. The van der Waals surface area contributed by atoms with Crippen LogP contribution in [0.3, 0.4) is 0 Å². The summed E-state index contributed by atoms with van der Waals surface area (Å²) < 4.78 is 59.0. The molecule has 9 heteroatoms. The molecule has 2 rings (SSSR count). The van der Waals surface area contributed by atoms with Crippen LogP contribution in [0.1, 0.15) is 0 Å². The van der Waals surface area contributed by atoms with E-state index in [4.69, 9.17) is 4.55 Å². The molecule has 0 aliphatic heterocycles. The highest BCUT2D eigenvalue weighted by atomic mass is 32.2. The molecule has 102 valence electrons. The fraction of sp³-hybridized carbons (Fsp3) is 0. The van der Waals surface area contributed by atoms with E-state index in [-0.39, 0.29) is 5.39 Å². The second-order valence-corrected chi connectivity index (χ2v) is 6.54. The Hall–Kier alpha value is -1.52. The summed E-state index contributed by atoms with van der Waals surface area (Å²) in [5.74, 6) is 4.68. The second-order valence-electron chi connectivity index (χ2n) is 3.64. The van der Waals surface area contributed by atoms with Gasteiger partial charge in [0.25, 0.3) is 10.1 Å². The molecule has 3 N–H and O–H groups in total. The van der Waals surface area contributed by atoms with E-state index < -0.39 is 30.0 Å². The maximum Gasteiger partial charge on any atom is 0.314 e. The van der Waals surface area contributed by atoms with E-state index in [9.17, 15) is 16.8 Å². The van der Waals surface area contributed by atoms with Crippen LogP contribution in [0.2, 0.25) is 0 Å². The number of hydrogen-bond acceptors (Lipinski definition) is 6. The van der Waals surface area contributed by atoms with Crippen LogP contribution in [-0.4, -0.2) is 21.4 Å². The number of rotatable bonds is 3. The highest BCUT2D eigenvalue weighted by Crippen LogP contribution is 2.30. The summed E-state index contributed by atoms with van der Waals surface area (Å²) in [6.45, 7) is 0. The van der Waals surface area contributed by atoms with E-state index >= 15 is 0 Å². The summed E-state index contributed by atoms with van der Waals surface area (Å²) in [4.78, 5) is -1.47. The Labute approximate surface area is 109 Å². The van der Waals surface area contributed by atoms with Gasteiger partial charge in [-0.1, -0.05) is 30.3 Å². The largest absolute Gasteiger partial charge is 0.314 e. The van der Waals surface area contributed by atoms with Gasteiger partial charge >= 0.3 is 10.1 Å². The number of benzene rings is 2. The van der Waals surface area contributed by atoms with Crippen LogP contribution in [0, 0.1) is 0 Å². The Morgan fingerprint density at radius 2 is 1.63 bits per heavy atom. The molecular weight excluding hydrogens is 294 g/mol. The van der Waals surface area contributed by atoms with Crippen molar-refractivity contribution >= 4 is 31.0 Å². The smallest absolute Gasteiger partial charge is 0.282 e. The Morgan fingerprint density at radius 1 is 1.00 bits per heavy atom.